The van der Waals surface area contributed by atoms with Gasteiger partial charge in [0.2, 0.25) is 6.79 Å². The fourth-order valence-corrected chi connectivity index (χ4v) is 3.07. The van der Waals surface area contributed by atoms with E-state index in [9.17, 15) is 4.39 Å². The zero-order chi connectivity index (χ0) is 16.4. The highest BCUT2D eigenvalue weighted by atomic mass is 19.1. The summed E-state index contributed by atoms with van der Waals surface area (Å²) in [5.41, 5.74) is 1.05. The minimum Gasteiger partial charge on any atom is -0.454 e. The fraction of sp³-hybridized carbons (Fsp3) is 0.333. The van der Waals surface area contributed by atoms with E-state index in [0.717, 1.165) is 18.5 Å². The summed E-state index contributed by atoms with van der Waals surface area (Å²) >= 11 is 0. The van der Waals surface area contributed by atoms with Gasteiger partial charge in [0.15, 0.2) is 17.2 Å². The van der Waals surface area contributed by atoms with Gasteiger partial charge in [0.05, 0.1) is 0 Å². The summed E-state index contributed by atoms with van der Waals surface area (Å²) in [5.74, 6) is 1.82. The average molecular weight is 331 g/mol. The van der Waals surface area contributed by atoms with Crippen molar-refractivity contribution in [3.8, 4) is 17.2 Å². The molecule has 1 saturated heterocycles. The molecule has 126 valence electrons. The van der Waals surface area contributed by atoms with Crippen LogP contribution < -0.4 is 19.7 Å². The maximum atomic E-state index is 13.1. The molecule has 1 N–H and O–H groups in total. The topological polar surface area (TPSA) is 49.0 Å². The normalized spacial score (nSPS) is 22.4. The molecule has 2 aliphatic rings. The predicted molar refractivity (Wildman–Crippen MR) is 84.7 cm³/mol. The molecule has 4 rings (SSSR count). The highest BCUT2D eigenvalue weighted by Gasteiger charge is 2.29. The molecule has 2 heterocycles. The van der Waals surface area contributed by atoms with Gasteiger partial charge in [0.1, 0.15) is 11.9 Å². The van der Waals surface area contributed by atoms with E-state index in [4.69, 9.17) is 19.2 Å². The van der Waals surface area contributed by atoms with Crippen LogP contribution in [0, 0.1) is 5.82 Å². The molecule has 6 heteroatoms. The molecule has 1 fully saturated rings. The van der Waals surface area contributed by atoms with Crippen molar-refractivity contribution in [2.45, 2.75) is 18.4 Å². The Morgan fingerprint density at radius 3 is 2.75 bits per heavy atom. The van der Waals surface area contributed by atoms with Gasteiger partial charge in [0.25, 0.3) is 0 Å². The standard InChI is InChI=1S/C18H18FNO4/c19-13-3-1-12(2-4-13)15-7-8-20-10-18(15)24-23-14-5-6-16-17(9-14)22-11-21-16/h1-6,9,15,18,20H,7-8,10-11H2. The minimum absolute atomic E-state index is 0.154. The summed E-state index contributed by atoms with van der Waals surface area (Å²) in [6.07, 6.45) is 0.746. The van der Waals surface area contributed by atoms with Gasteiger partial charge in [-0.05, 0) is 42.8 Å². The molecule has 5 nitrogen and oxygen atoms in total. The number of benzene rings is 2. The van der Waals surface area contributed by atoms with Gasteiger partial charge in [-0.2, -0.15) is 4.89 Å². The van der Waals surface area contributed by atoms with Crippen LogP contribution in [0.5, 0.6) is 17.2 Å². The SMILES string of the molecule is Fc1ccc(C2CCNCC2OOc2ccc3c(c2)OCO3)cc1. The molecule has 0 spiro atoms. The van der Waals surface area contributed by atoms with Crippen molar-refractivity contribution in [2.75, 3.05) is 19.9 Å². The van der Waals surface area contributed by atoms with Gasteiger partial charge in [0, 0.05) is 18.5 Å². The Morgan fingerprint density at radius 2 is 1.88 bits per heavy atom. The fourth-order valence-electron chi connectivity index (χ4n) is 3.07. The second-order valence-corrected chi connectivity index (χ2v) is 5.88. The number of fused-ring (bicyclic) bond motifs is 1. The van der Waals surface area contributed by atoms with Crippen LogP contribution in [0.2, 0.25) is 0 Å². The summed E-state index contributed by atoms with van der Waals surface area (Å²) in [6, 6.07) is 11.9. The van der Waals surface area contributed by atoms with Gasteiger partial charge in [-0.1, -0.05) is 12.1 Å². The van der Waals surface area contributed by atoms with Gasteiger partial charge in [-0.3, -0.25) is 0 Å². The first-order valence-corrected chi connectivity index (χ1v) is 7.99. The summed E-state index contributed by atoms with van der Waals surface area (Å²) in [7, 11) is 0. The molecule has 2 aliphatic heterocycles. The van der Waals surface area contributed by atoms with Crippen molar-refractivity contribution in [3.63, 3.8) is 0 Å². The van der Waals surface area contributed by atoms with E-state index in [1.54, 1.807) is 18.2 Å². The van der Waals surface area contributed by atoms with Gasteiger partial charge >= 0.3 is 0 Å². The minimum atomic E-state index is -0.234. The molecule has 0 amide bonds. The quantitative estimate of drug-likeness (QED) is 0.689. The van der Waals surface area contributed by atoms with Crippen LogP contribution in [0.3, 0.4) is 0 Å². The number of piperidine rings is 1. The first-order chi connectivity index (χ1) is 11.8. The third kappa shape index (κ3) is 3.16. The highest BCUT2D eigenvalue weighted by Crippen LogP contribution is 2.36. The molecular weight excluding hydrogens is 313 g/mol. The summed E-state index contributed by atoms with van der Waals surface area (Å²) in [4.78, 5) is 11.2. The number of ether oxygens (including phenoxy) is 2. The Balaban J connectivity index is 1.44. The Hall–Kier alpha value is -2.31. The van der Waals surface area contributed by atoms with E-state index in [-0.39, 0.29) is 24.6 Å². The van der Waals surface area contributed by atoms with Crippen LogP contribution in [0.25, 0.3) is 0 Å². The number of nitrogens with one attached hydrogen (secondary N) is 1. The molecule has 24 heavy (non-hydrogen) atoms. The van der Waals surface area contributed by atoms with Crippen LogP contribution in [-0.2, 0) is 4.89 Å². The molecule has 2 atom stereocenters. The third-order valence-corrected chi connectivity index (χ3v) is 4.34. The van der Waals surface area contributed by atoms with Crippen molar-refractivity contribution in [1.29, 1.82) is 0 Å². The molecule has 2 aromatic rings. The Labute approximate surface area is 139 Å². The zero-order valence-electron chi connectivity index (χ0n) is 13.0. The van der Waals surface area contributed by atoms with E-state index >= 15 is 0 Å². The molecule has 2 unspecified atom stereocenters. The first-order valence-electron chi connectivity index (χ1n) is 7.99. The van der Waals surface area contributed by atoms with Crippen molar-refractivity contribution in [2.24, 2.45) is 0 Å². The monoisotopic (exact) mass is 331 g/mol. The lowest BCUT2D eigenvalue weighted by molar-refractivity contribution is -0.252. The lowest BCUT2D eigenvalue weighted by Gasteiger charge is -2.31. The summed E-state index contributed by atoms with van der Waals surface area (Å²) < 4.78 is 23.7. The predicted octanol–water partition coefficient (Wildman–Crippen LogP) is 3.01. The van der Waals surface area contributed by atoms with Crippen LogP contribution in [0.1, 0.15) is 17.9 Å². The van der Waals surface area contributed by atoms with Crippen molar-refractivity contribution < 1.29 is 23.6 Å². The van der Waals surface area contributed by atoms with Crippen molar-refractivity contribution in [1.82, 2.24) is 5.32 Å². The zero-order valence-corrected chi connectivity index (χ0v) is 13.0. The van der Waals surface area contributed by atoms with Gasteiger partial charge in [-0.25, -0.2) is 4.39 Å². The van der Waals surface area contributed by atoms with E-state index in [0.29, 0.717) is 23.8 Å². The average Bonchev–Trinajstić information content (AvgIpc) is 3.09. The maximum Gasteiger partial charge on any atom is 0.231 e. The van der Waals surface area contributed by atoms with Crippen LogP contribution in [0.15, 0.2) is 42.5 Å². The first kappa shape index (κ1) is 15.2. The van der Waals surface area contributed by atoms with Gasteiger partial charge in [-0.15, -0.1) is 0 Å². The Bertz CT molecular complexity index is 707. The third-order valence-electron chi connectivity index (χ3n) is 4.34. The van der Waals surface area contributed by atoms with E-state index in [2.05, 4.69) is 5.32 Å². The summed E-state index contributed by atoms with van der Waals surface area (Å²) in [5, 5.41) is 3.30. The molecule has 0 bridgehead atoms. The highest BCUT2D eigenvalue weighted by molar-refractivity contribution is 5.46. The number of halogens is 1. The Kier molecular flexibility index (Phi) is 4.23. The van der Waals surface area contributed by atoms with E-state index in [1.807, 2.05) is 12.1 Å². The number of hydrogen-bond donors (Lipinski definition) is 1. The molecular formula is C18H18FNO4. The number of rotatable bonds is 4. The van der Waals surface area contributed by atoms with Crippen LogP contribution in [0.4, 0.5) is 4.39 Å². The molecule has 0 saturated carbocycles. The van der Waals surface area contributed by atoms with Crippen LogP contribution >= 0.6 is 0 Å². The lowest BCUT2D eigenvalue weighted by atomic mass is 9.88. The largest absolute Gasteiger partial charge is 0.454 e. The summed E-state index contributed by atoms with van der Waals surface area (Å²) in [6.45, 7) is 1.79. The van der Waals surface area contributed by atoms with E-state index in [1.165, 1.54) is 12.1 Å². The molecule has 2 aromatic carbocycles. The van der Waals surface area contributed by atoms with E-state index < -0.39 is 0 Å². The molecule has 0 radical (unpaired) electrons. The number of hydrogen-bond acceptors (Lipinski definition) is 5. The van der Waals surface area contributed by atoms with Crippen molar-refractivity contribution >= 4 is 0 Å². The van der Waals surface area contributed by atoms with Gasteiger partial charge < -0.3 is 19.7 Å². The Morgan fingerprint density at radius 1 is 1.04 bits per heavy atom. The lowest BCUT2D eigenvalue weighted by Crippen LogP contribution is -2.41. The van der Waals surface area contributed by atoms with Crippen molar-refractivity contribution in [3.05, 3.63) is 53.8 Å². The second-order valence-electron chi connectivity index (χ2n) is 5.88. The second kappa shape index (κ2) is 6.67. The maximum absolute atomic E-state index is 13.1. The molecule has 0 aliphatic carbocycles. The molecule has 0 aromatic heterocycles. The van der Waals surface area contributed by atoms with Crippen LogP contribution in [-0.4, -0.2) is 26.0 Å². The smallest absolute Gasteiger partial charge is 0.231 e.